The average Bonchev–Trinajstić information content (AvgIpc) is 2.65. The third kappa shape index (κ3) is 5.58. The monoisotopic (exact) mass is 455 g/mol. The third-order valence-electron chi connectivity index (χ3n) is 5.29. The predicted octanol–water partition coefficient (Wildman–Crippen LogP) is 5.01. The first-order valence-corrected chi connectivity index (χ1v) is 11.4. The van der Waals surface area contributed by atoms with E-state index in [0.717, 1.165) is 43.0 Å². The molecular weight excluding hydrogens is 431 g/mol. The molecule has 2 aromatic carbocycles. The zero-order chi connectivity index (χ0) is 22.8. The smallest absolute Gasteiger partial charge is 0.379 e. The van der Waals surface area contributed by atoms with Gasteiger partial charge in [0.2, 0.25) is 5.91 Å². The van der Waals surface area contributed by atoms with Crippen LogP contribution >= 0.6 is 0 Å². The predicted molar refractivity (Wildman–Crippen MR) is 109 cm³/mol. The molecule has 1 aliphatic rings. The summed E-state index contributed by atoms with van der Waals surface area (Å²) in [5.41, 5.74) is -0.275. The van der Waals surface area contributed by atoms with Crippen molar-refractivity contribution in [3.63, 3.8) is 0 Å². The van der Waals surface area contributed by atoms with Crippen molar-refractivity contribution in [2.45, 2.75) is 56.8 Å². The van der Waals surface area contributed by atoms with Crippen LogP contribution in [0.4, 0.5) is 13.2 Å². The van der Waals surface area contributed by atoms with Crippen molar-refractivity contribution in [1.82, 2.24) is 4.90 Å². The lowest BCUT2D eigenvalue weighted by atomic mass is 9.84. The maximum absolute atomic E-state index is 12.9. The van der Waals surface area contributed by atoms with Crippen LogP contribution in [0, 0.1) is 5.92 Å². The number of amides is 1. The highest BCUT2D eigenvalue weighted by Gasteiger charge is 2.32. The maximum Gasteiger partial charge on any atom is 0.416 e. The Hall–Kier alpha value is -2.55. The summed E-state index contributed by atoms with van der Waals surface area (Å²) < 4.78 is 68.4. The lowest BCUT2D eigenvalue weighted by Gasteiger charge is -2.34. The molecule has 31 heavy (non-hydrogen) atoms. The molecule has 0 aliphatic heterocycles. The number of rotatable bonds is 7. The Morgan fingerprint density at radius 1 is 1.13 bits per heavy atom. The summed E-state index contributed by atoms with van der Waals surface area (Å²) in [6.45, 7) is 4.26. The summed E-state index contributed by atoms with van der Waals surface area (Å²) in [7, 11) is -4.43. The molecular formula is C22H24F3NO4S. The number of hydrogen-bond acceptors (Lipinski definition) is 4. The standard InChI is InChI=1S/C22H24F3NO4S/c1-15(2)26(21(27)17-5-3-6-17)14-16-9-11-19(12-10-16)30-31(28,29)20-8-4-7-18(13-20)22(23,24)25/h4,7-13,15,17H,3,5-6,14H2,1-2H3. The molecule has 1 amide bonds. The van der Waals surface area contributed by atoms with E-state index in [2.05, 4.69) is 0 Å². The van der Waals surface area contributed by atoms with Crippen molar-refractivity contribution in [3.8, 4) is 5.75 Å². The van der Waals surface area contributed by atoms with Gasteiger partial charge in [-0.15, -0.1) is 0 Å². The number of alkyl halides is 3. The van der Waals surface area contributed by atoms with Crippen molar-refractivity contribution in [2.75, 3.05) is 0 Å². The molecule has 3 rings (SSSR count). The first-order chi connectivity index (χ1) is 14.5. The number of carbonyl (C=O) groups excluding carboxylic acids is 1. The largest absolute Gasteiger partial charge is 0.416 e. The van der Waals surface area contributed by atoms with Crippen molar-refractivity contribution >= 4 is 16.0 Å². The van der Waals surface area contributed by atoms with Gasteiger partial charge in [-0.25, -0.2) is 0 Å². The molecule has 9 heteroatoms. The van der Waals surface area contributed by atoms with E-state index < -0.39 is 26.8 Å². The molecule has 0 heterocycles. The molecule has 0 unspecified atom stereocenters. The lowest BCUT2D eigenvalue weighted by molar-refractivity contribution is -0.140. The summed E-state index contributed by atoms with van der Waals surface area (Å²) in [6.07, 6.45) is -1.79. The summed E-state index contributed by atoms with van der Waals surface area (Å²) >= 11 is 0. The van der Waals surface area contributed by atoms with Crippen LogP contribution in [0.3, 0.4) is 0 Å². The van der Waals surface area contributed by atoms with Crippen LogP contribution in [0.1, 0.15) is 44.2 Å². The SMILES string of the molecule is CC(C)N(Cc1ccc(OS(=O)(=O)c2cccc(C(F)(F)F)c2)cc1)C(=O)C1CCC1. The van der Waals surface area contributed by atoms with Gasteiger partial charge in [0.25, 0.3) is 0 Å². The number of hydrogen-bond donors (Lipinski definition) is 0. The van der Waals surface area contributed by atoms with Crippen LogP contribution in [0.15, 0.2) is 53.4 Å². The minimum atomic E-state index is -4.66. The van der Waals surface area contributed by atoms with Gasteiger partial charge in [-0.3, -0.25) is 4.79 Å². The molecule has 1 aliphatic carbocycles. The first-order valence-electron chi connectivity index (χ1n) is 9.98. The van der Waals surface area contributed by atoms with Gasteiger partial charge >= 0.3 is 16.3 Å². The Bertz CT molecular complexity index is 1030. The van der Waals surface area contributed by atoms with E-state index in [9.17, 15) is 26.4 Å². The van der Waals surface area contributed by atoms with Gasteiger partial charge in [-0.1, -0.05) is 24.6 Å². The maximum atomic E-state index is 12.9. The summed E-state index contributed by atoms with van der Waals surface area (Å²) in [5.74, 6) is 0.166. The lowest BCUT2D eigenvalue weighted by Crippen LogP contribution is -2.42. The summed E-state index contributed by atoms with van der Waals surface area (Å²) in [4.78, 5) is 13.8. The molecule has 1 fully saturated rings. The molecule has 0 aromatic heterocycles. The molecule has 0 atom stereocenters. The van der Waals surface area contributed by atoms with Crippen molar-refractivity contribution < 1.29 is 30.6 Å². The highest BCUT2D eigenvalue weighted by atomic mass is 32.2. The summed E-state index contributed by atoms with van der Waals surface area (Å²) in [6, 6.07) is 9.54. The van der Waals surface area contributed by atoms with E-state index in [1.165, 1.54) is 12.1 Å². The molecule has 168 valence electrons. The van der Waals surface area contributed by atoms with Gasteiger partial charge in [0.1, 0.15) is 10.6 Å². The van der Waals surface area contributed by atoms with Gasteiger partial charge in [0, 0.05) is 18.5 Å². The normalized spacial score (nSPS) is 14.9. The topological polar surface area (TPSA) is 63.7 Å². The molecule has 5 nitrogen and oxygen atoms in total. The van der Waals surface area contributed by atoms with Crippen LogP contribution in [0.25, 0.3) is 0 Å². The van der Waals surface area contributed by atoms with E-state index in [4.69, 9.17) is 4.18 Å². The highest BCUT2D eigenvalue weighted by molar-refractivity contribution is 7.87. The second kappa shape index (κ2) is 8.90. The van der Waals surface area contributed by atoms with Crippen LogP contribution in [-0.2, 0) is 27.6 Å². The minimum absolute atomic E-state index is 0.0188. The number of halogens is 3. The fourth-order valence-electron chi connectivity index (χ4n) is 3.25. The second-order valence-electron chi connectivity index (χ2n) is 7.89. The van der Waals surface area contributed by atoms with Gasteiger partial charge in [-0.2, -0.15) is 21.6 Å². The molecule has 0 bridgehead atoms. The Morgan fingerprint density at radius 2 is 1.77 bits per heavy atom. The zero-order valence-electron chi connectivity index (χ0n) is 17.2. The fourth-order valence-corrected chi connectivity index (χ4v) is 4.23. The highest BCUT2D eigenvalue weighted by Crippen LogP contribution is 2.32. The van der Waals surface area contributed by atoms with E-state index in [1.807, 2.05) is 13.8 Å². The van der Waals surface area contributed by atoms with Crippen molar-refractivity contribution in [2.24, 2.45) is 5.92 Å². The second-order valence-corrected chi connectivity index (χ2v) is 9.44. The Balaban J connectivity index is 1.72. The van der Waals surface area contributed by atoms with Crippen LogP contribution in [-0.4, -0.2) is 25.3 Å². The van der Waals surface area contributed by atoms with Crippen LogP contribution < -0.4 is 4.18 Å². The van der Waals surface area contributed by atoms with E-state index in [-0.39, 0.29) is 23.6 Å². The zero-order valence-corrected chi connectivity index (χ0v) is 18.0. The molecule has 2 aromatic rings. The Morgan fingerprint density at radius 3 is 2.29 bits per heavy atom. The van der Waals surface area contributed by atoms with E-state index in [1.54, 1.807) is 17.0 Å². The first kappa shape index (κ1) is 23.1. The quantitative estimate of drug-likeness (QED) is 0.551. The van der Waals surface area contributed by atoms with Gasteiger partial charge in [0.15, 0.2) is 0 Å². The number of nitrogens with zero attached hydrogens (tertiary/aromatic N) is 1. The molecule has 0 spiro atoms. The van der Waals surface area contributed by atoms with Crippen LogP contribution in [0.2, 0.25) is 0 Å². The Kier molecular flexibility index (Phi) is 6.64. The molecule has 1 saturated carbocycles. The molecule has 0 saturated heterocycles. The van der Waals surface area contributed by atoms with E-state index >= 15 is 0 Å². The minimum Gasteiger partial charge on any atom is -0.379 e. The van der Waals surface area contributed by atoms with E-state index in [0.29, 0.717) is 12.6 Å². The molecule has 0 N–H and O–H groups in total. The number of carbonyl (C=O) groups is 1. The van der Waals surface area contributed by atoms with Crippen molar-refractivity contribution in [1.29, 1.82) is 0 Å². The van der Waals surface area contributed by atoms with Gasteiger partial charge < -0.3 is 9.08 Å². The third-order valence-corrected chi connectivity index (χ3v) is 6.54. The fraction of sp³-hybridized carbons (Fsp3) is 0.409. The average molecular weight is 455 g/mol. The number of benzene rings is 2. The summed E-state index contributed by atoms with van der Waals surface area (Å²) in [5, 5.41) is 0. The molecule has 0 radical (unpaired) electrons. The van der Waals surface area contributed by atoms with Crippen molar-refractivity contribution in [3.05, 3.63) is 59.7 Å². The van der Waals surface area contributed by atoms with Gasteiger partial charge in [-0.05, 0) is 62.6 Å². The Labute approximate surface area is 179 Å². The van der Waals surface area contributed by atoms with Gasteiger partial charge in [0.05, 0.1) is 5.56 Å². The van der Waals surface area contributed by atoms with Crippen LogP contribution in [0.5, 0.6) is 5.75 Å².